The number of ketones is 1. The minimum Gasteiger partial charge on any atom is -0.458 e. The fraction of sp³-hybridized carbons (Fsp3) is 0.667. The average Bonchev–Trinajstić information content (AvgIpc) is 2.86. The van der Waals surface area contributed by atoms with Crippen molar-refractivity contribution < 1.29 is 23.9 Å². The topological polar surface area (TPSA) is 69.7 Å². The van der Waals surface area contributed by atoms with E-state index in [1.165, 1.54) is 6.08 Å². The predicted octanol–water partition coefficient (Wildman–Crippen LogP) is 7.12. The molecule has 0 N–H and O–H groups in total. The number of rotatable bonds is 10. The lowest BCUT2D eigenvalue weighted by Crippen LogP contribution is -2.39. The van der Waals surface area contributed by atoms with Crippen LogP contribution in [0.2, 0.25) is 0 Å². The van der Waals surface area contributed by atoms with Gasteiger partial charge in [-0.1, -0.05) is 84.7 Å². The van der Waals surface area contributed by atoms with Crippen LogP contribution in [0.25, 0.3) is 0 Å². The summed E-state index contributed by atoms with van der Waals surface area (Å²) in [6.45, 7) is 12.9. The summed E-state index contributed by atoms with van der Waals surface area (Å²) in [5.74, 6) is 0.389. The maximum Gasteiger partial charge on any atom is 0.345 e. The van der Waals surface area contributed by atoms with Gasteiger partial charge in [0.2, 0.25) is 0 Å². The van der Waals surface area contributed by atoms with Crippen LogP contribution in [0, 0.1) is 35.5 Å². The van der Waals surface area contributed by atoms with Gasteiger partial charge in [-0.2, -0.15) is 0 Å². The van der Waals surface area contributed by atoms with Gasteiger partial charge < -0.3 is 9.47 Å². The van der Waals surface area contributed by atoms with Crippen molar-refractivity contribution in [2.24, 2.45) is 35.5 Å². The van der Waals surface area contributed by atoms with Gasteiger partial charge in [0.05, 0.1) is 0 Å². The van der Waals surface area contributed by atoms with Gasteiger partial charge in [-0.25, -0.2) is 9.59 Å². The van der Waals surface area contributed by atoms with E-state index in [2.05, 4.69) is 41.5 Å². The number of aryl methyl sites for hydroxylation is 1. The molecule has 2 saturated carbocycles. The molecule has 5 nitrogen and oxygen atoms in total. The summed E-state index contributed by atoms with van der Waals surface area (Å²) in [6, 6.07) is 9.73. The van der Waals surface area contributed by atoms with Crippen molar-refractivity contribution >= 4 is 17.7 Å². The van der Waals surface area contributed by atoms with Gasteiger partial charge in [-0.15, -0.1) is 0 Å². The maximum atomic E-state index is 13.5. The number of ether oxygens (including phenoxy) is 2. The molecule has 0 radical (unpaired) electrons. The summed E-state index contributed by atoms with van der Waals surface area (Å²) in [5.41, 5.74) is 0.775. The molecule has 0 amide bonds. The van der Waals surface area contributed by atoms with E-state index in [9.17, 15) is 14.4 Å². The second-order valence-electron chi connectivity index (χ2n) is 12.5. The first-order valence-corrected chi connectivity index (χ1v) is 14.8. The third-order valence-corrected chi connectivity index (χ3v) is 8.69. The SMILES string of the molecule is CC(C)[C@@H]1CC[C@@H](C)C[C@H]1OC(=O)C(=CC(=O)CCc1ccccc1)C(=O)O[C@@H]1C[C@H](C)CC[C@H]1C(C)C. The van der Waals surface area contributed by atoms with E-state index in [1.54, 1.807) is 0 Å². The van der Waals surface area contributed by atoms with Gasteiger partial charge in [0.15, 0.2) is 5.78 Å². The Kier molecular flexibility index (Phi) is 11.2. The lowest BCUT2D eigenvalue weighted by molar-refractivity contribution is -0.160. The molecular weight excluding hydrogens is 476 g/mol. The summed E-state index contributed by atoms with van der Waals surface area (Å²) in [5, 5.41) is 0. The quantitative estimate of drug-likeness (QED) is 0.141. The molecule has 5 heteroatoms. The van der Waals surface area contributed by atoms with E-state index < -0.39 is 11.9 Å². The highest BCUT2D eigenvalue weighted by Crippen LogP contribution is 2.37. The number of carbonyl (C=O) groups is 3. The van der Waals surface area contributed by atoms with Crippen LogP contribution in [-0.2, 0) is 30.3 Å². The summed E-state index contributed by atoms with van der Waals surface area (Å²) < 4.78 is 12.0. The Bertz CT molecular complexity index is 915. The normalized spacial score (nSPS) is 27.6. The molecule has 1 aromatic carbocycles. The minimum atomic E-state index is -0.724. The first-order valence-electron chi connectivity index (χ1n) is 14.8. The lowest BCUT2D eigenvalue weighted by atomic mass is 9.75. The van der Waals surface area contributed by atoms with Crippen molar-refractivity contribution in [3.05, 3.63) is 47.5 Å². The van der Waals surface area contributed by atoms with Crippen LogP contribution < -0.4 is 0 Å². The second-order valence-corrected chi connectivity index (χ2v) is 12.5. The monoisotopic (exact) mass is 524 g/mol. The Hall–Kier alpha value is -2.43. The Morgan fingerprint density at radius 3 is 1.71 bits per heavy atom. The highest BCUT2D eigenvalue weighted by atomic mass is 16.6. The molecule has 1 aromatic rings. The number of esters is 2. The molecule has 0 aromatic heterocycles. The molecule has 2 fully saturated rings. The van der Waals surface area contributed by atoms with Gasteiger partial charge in [0.1, 0.15) is 17.8 Å². The van der Waals surface area contributed by atoms with Crippen LogP contribution in [0.5, 0.6) is 0 Å². The molecule has 0 spiro atoms. The zero-order chi connectivity index (χ0) is 27.8. The molecule has 0 saturated heterocycles. The van der Waals surface area contributed by atoms with Crippen LogP contribution in [0.15, 0.2) is 42.0 Å². The summed E-state index contributed by atoms with van der Waals surface area (Å²) in [4.78, 5) is 40.0. The first kappa shape index (κ1) is 30.1. The Labute approximate surface area is 229 Å². The van der Waals surface area contributed by atoms with Crippen molar-refractivity contribution in [1.29, 1.82) is 0 Å². The second kappa shape index (κ2) is 14.1. The molecule has 0 bridgehead atoms. The molecule has 38 heavy (non-hydrogen) atoms. The van der Waals surface area contributed by atoms with Gasteiger partial charge >= 0.3 is 11.9 Å². The average molecular weight is 525 g/mol. The molecular formula is C33H48O5. The van der Waals surface area contributed by atoms with Gasteiger partial charge in [-0.05, 0) is 73.2 Å². The maximum absolute atomic E-state index is 13.5. The first-order chi connectivity index (χ1) is 18.0. The summed E-state index contributed by atoms with van der Waals surface area (Å²) in [7, 11) is 0. The summed E-state index contributed by atoms with van der Waals surface area (Å²) in [6.07, 6.45) is 7.14. The van der Waals surface area contributed by atoms with Gasteiger partial charge in [0, 0.05) is 12.5 Å². The zero-order valence-electron chi connectivity index (χ0n) is 24.3. The van der Waals surface area contributed by atoms with E-state index in [4.69, 9.17) is 9.47 Å². The van der Waals surface area contributed by atoms with Crippen molar-refractivity contribution in [1.82, 2.24) is 0 Å². The number of benzene rings is 1. The van der Waals surface area contributed by atoms with Crippen LogP contribution in [0.1, 0.15) is 92.1 Å². The fourth-order valence-corrected chi connectivity index (χ4v) is 6.25. The fourth-order valence-electron chi connectivity index (χ4n) is 6.25. The molecule has 3 rings (SSSR count). The van der Waals surface area contributed by atoms with Crippen molar-refractivity contribution in [3.63, 3.8) is 0 Å². The standard InChI is InChI=1S/C33H48O5/c1-21(2)27-16-12-23(5)18-30(27)37-32(35)29(20-26(34)15-14-25-10-8-7-9-11-25)33(36)38-31-19-24(6)13-17-28(31)22(3)4/h7-11,20-24,27-28,30-31H,12-19H2,1-6H3/t23-,24-,27+,28+,30-,31-/m1/s1. The van der Waals surface area contributed by atoms with E-state index >= 15 is 0 Å². The molecule has 0 unspecified atom stereocenters. The van der Waals surface area contributed by atoms with Crippen LogP contribution in [0.3, 0.4) is 0 Å². The third kappa shape index (κ3) is 8.54. The van der Waals surface area contributed by atoms with Crippen LogP contribution in [-0.4, -0.2) is 29.9 Å². The molecule has 2 aliphatic rings. The van der Waals surface area contributed by atoms with Gasteiger partial charge in [0.25, 0.3) is 0 Å². The lowest BCUT2D eigenvalue weighted by Gasteiger charge is -2.37. The highest BCUT2D eigenvalue weighted by Gasteiger charge is 2.38. The van der Waals surface area contributed by atoms with Crippen LogP contribution >= 0.6 is 0 Å². The Morgan fingerprint density at radius 1 is 0.789 bits per heavy atom. The Balaban J connectivity index is 1.80. The van der Waals surface area contributed by atoms with Crippen LogP contribution in [0.4, 0.5) is 0 Å². The largest absolute Gasteiger partial charge is 0.458 e. The van der Waals surface area contributed by atoms with Crippen molar-refractivity contribution in [2.75, 3.05) is 0 Å². The van der Waals surface area contributed by atoms with Crippen molar-refractivity contribution in [3.8, 4) is 0 Å². The van der Waals surface area contributed by atoms with E-state index in [0.29, 0.717) is 30.1 Å². The molecule has 0 aliphatic heterocycles. The number of allylic oxidation sites excluding steroid dienone is 1. The predicted molar refractivity (Wildman–Crippen MR) is 150 cm³/mol. The highest BCUT2D eigenvalue weighted by molar-refractivity contribution is 6.18. The number of hydrogen-bond acceptors (Lipinski definition) is 5. The minimum absolute atomic E-state index is 0.207. The van der Waals surface area contributed by atoms with E-state index in [0.717, 1.165) is 44.1 Å². The molecule has 6 atom stereocenters. The van der Waals surface area contributed by atoms with Crippen molar-refractivity contribution in [2.45, 2.75) is 105 Å². The van der Waals surface area contributed by atoms with E-state index in [1.807, 2.05) is 30.3 Å². The van der Waals surface area contributed by atoms with E-state index in [-0.39, 0.29) is 41.8 Å². The Morgan fingerprint density at radius 2 is 1.26 bits per heavy atom. The third-order valence-electron chi connectivity index (χ3n) is 8.69. The molecule has 0 heterocycles. The van der Waals surface area contributed by atoms with Gasteiger partial charge in [-0.3, -0.25) is 4.79 Å². The number of hydrogen-bond donors (Lipinski definition) is 0. The summed E-state index contributed by atoms with van der Waals surface area (Å²) >= 11 is 0. The smallest absolute Gasteiger partial charge is 0.345 e. The molecule has 210 valence electrons. The zero-order valence-corrected chi connectivity index (χ0v) is 24.3. The number of carbonyl (C=O) groups excluding carboxylic acids is 3. The molecule has 2 aliphatic carbocycles.